The fourth-order valence-electron chi connectivity index (χ4n) is 1.72. The molecule has 0 aromatic heterocycles. The summed E-state index contributed by atoms with van der Waals surface area (Å²) in [7, 11) is 1.57. The van der Waals surface area contributed by atoms with Crippen LogP contribution in [0.25, 0.3) is 0 Å². The molecule has 5 heteroatoms. The molecule has 0 saturated heterocycles. The first kappa shape index (κ1) is 11.7. The van der Waals surface area contributed by atoms with Crippen molar-refractivity contribution in [1.29, 1.82) is 0 Å². The van der Waals surface area contributed by atoms with Gasteiger partial charge in [-0.15, -0.1) is 0 Å². The smallest absolute Gasteiger partial charge is 0.191 e. The van der Waals surface area contributed by atoms with Crippen molar-refractivity contribution in [1.82, 2.24) is 10.6 Å². The van der Waals surface area contributed by atoms with Gasteiger partial charge in [-0.1, -0.05) is 0 Å². The number of nitrogens with zero attached hydrogens (tertiary/aromatic N) is 1. The first-order valence-electron chi connectivity index (χ1n) is 5.56. The van der Waals surface area contributed by atoms with Gasteiger partial charge in [0.2, 0.25) is 0 Å². The Bertz CT molecular complexity index is 434. The van der Waals surface area contributed by atoms with Gasteiger partial charge in [0, 0.05) is 18.2 Å². The molecule has 0 radical (unpaired) electrons. The van der Waals surface area contributed by atoms with Gasteiger partial charge >= 0.3 is 0 Å². The Balaban J connectivity index is 2.01. The summed E-state index contributed by atoms with van der Waals surface area (Å²) in [6.45, 7) is 3.31. The van der Waals surface area contributed by atoms with Gasteiger partial charge in [0.1, 0.15) is 11.6 Å². The SMILES string of the molecule is COc1ccc(F)cc1CNC1=NCC(C)N1. The molecule has 1 aromatic carbocycles. The zero-order chi connectivity index (χ0) is 12.3. The minimum Gasteiger partial charge on any atom is -0.496 e. The van der Waals surface area contributed by atoms with Crippen LogP contribution in [0.1, 0.15) is 12.5 Å². The van der Waals surface area contributed by atoms with Crippen molar-refractivity contribution in [2.24, 2.45) is 4.99 Å². The molecular formula is C12H16FN3O. The van der Waals surface area contributed by atoms with Crippen LogP contribution in [-0.4, -0.2) is 25.7 Å². The van der Waals surface area contributed by atoms with Crippen LogP contribution in [0.5, 0.6) is 5.75 Å². The number of hydrogen-bond donors (Lipinski definition) is 2. The largest absolute Gasteiger partial charge is 0.496 e. The Morgan fingerprint density at radius 2 is 2.41 bits per heavy atom. The van der Waals surface area contributed by atoms with Crippen LogP contribution in [0.4, 0.5) is 4.39 Å². The van der Waals surface area contributed by atoms with E-state index in [9.17, 15) is 4.39 Å². The topological polar surface area (TPSA) is 45.6 Å². The molecule has 2 N–H and O–H groups in total. The normalized spacial score (nSPS) is 18.5. The average molecular weight is 237 g/mol. The monoisotopic (exact) mass is 237 g/mol. The molecule has 0 spiro atoms. The van der Waals surface area contributed by atoms with Crippen LogP contribution >= 0.6 is 0 Å². The van der Waals surface area contributed by atoms with E-state index in [0.29, 0.717) is 18.3 Å². The lowest BCUT2D eigenvalue weighted by Gasteiger charge is -2.11. The Morgan fingerprint density at radius 1 is 1.59 bits per heavy atom. The van der Waals surface area contributed by atoms with Gasteiger partial charge in [-0.3, -0.25) is 4.99 Å². The van der Waals surface area contributed by atoms with Crippen molar-refractivity contribution in [2.75, 3.05) is 13.7 Å². The van der Waals surface area contributed by atoms with Gasteiger partial charge in [0.05, 0.1) is 13.7 Å². The number of ether oxygens (including phenoxy) is 1. The average Bonchev–Trinajstić information content (AvgIpc) is 2.73. The van der Waals surface area contributed by atoms with Gasteiger partial charge in [-0.2, -0.15) is 0 Å². The summed E-state index contributed by atoms with van der Waals surface area (Å²) in [5, 5.41) is 6.30. The summed E-state index contributed by atoms with van der Waals surface area (Å²) in [6, 6.07) is 4.83. The van der Waals surface area contributed by atoms with E-state index in [0.717, 1.165) is 18.1 Å². The maximum atomic E-state index is 13.1. The van der Waals surface area contributed by atoms with E-state index in [2.05, 4.69) is 22.5 Å². The van der Waals surface area contributed by atoms with Gasteiger partial charge in [0.25, 0.3) is 0 Å². The Labute approximate surface area is 99.9 Å². The molecule has 1 aliphatic rings. The third kappa shape index (κ3) is 2.87. The van der Waals surface area contributed by atoms with Gasteiger partial charge in [-0.05, 0) is 25.1 Å². The molecule has 0 aliphatic carbocycles. The van der Waals surface area contributed by atoms with Crippen LogP contribution in [0.3, 0.4) is 0 Å². The number of methoxy groups -OCH3 is 1. The lowest BCUT2D eigenvalue weighted by Crippen LogP contribution is -2.37. The predicted molar refractivity (Wildman–Crippen MR) is 64.7 cm³/mol. The Morgan fingerprint density at radius 3 is 3.06 bits per heavy atom. The molecule has 1 aromatic rings. The van der Waals surface area contributed by atoms with E-state index >= 15 is 0 Å². The predicted octanol–water partition coefficient (Wildman–Crippen LogP) is 1.27. The number of guanidine groups is 1. The minimum absolute atomic E-state index is 0.266. The van der Waals surface area contributed by atoms with Crippen molar-refractivity contribution in [3.63, 3.8) is 0 Å². The number of halogens is 1. The maximum Gasteiger partial charge on any atom is 0.191 e. The van der Waals surface area contributed by atoms with Crippen molar-refractivity contribution >= 4 is 5.96 Å². The number of hydrogen-bond acceptors (Lipinski definition) is 4. The third-order valence-corrected chi connectivity index (χ3v) is 2.60. The van der Waals surface area contributed by atoms with E-state index in [4.69, 9.17) is 4.74 Å². The molecule has 0 amide bonds. The standard InChI is InChI=1S/C12H16FN3O/c1-8-6-14-12(16-8)15-7-9-5-10(13)3-4-11(9)17-2/h3-5,8H,6-7H2,1-2H3,(H2,14,15,16). The third-order valence-electron chi connectivity index (χ3n) is 2.60. The van der Waals surface area contributed by atoms with Crippen LogP contribution in [-0.2, 0) is 6.54 Å². The first-order valence-corrected chi connectivity index (χ1v) is 5.56. The summed E-state index contributed by atoms with van der Waals surface area (Å²) in [4.78, 5) is 4.27. The summed E-state index contributed by atoms with van der Waals surface area (Å²) >= 11 is 0. The van der Waals surface area contributed by atoms with Crippen molar-refractivity contribution in [3.05, 3.63) is 29.6 Å². The quantitative estimate of drug-likeness (QED) is 0.832. The van der Waals surface area contributed by atoms with E-state index < -0.39 is 0 Å². The number of nitrogens with one attached hydrogen (secondary N) is 2. The molecule has 2 rings (SSSR count). The van der Waals surface area contributed by atoms with E-state index in [1.165, 1.54) is 12.1 Å². The molecular weight excluding hydrogens is 221 g/mol. The Kier molecular flexibility index (Phi) is 3.46. The van der Waals surface area contributed by atoms with E-state index in [1.807, 2.05) is 0 Å². The van der Waals surface area contributed by atoms with Crippen LogP contribution in [0.2, 0.25) is 0 Å². The number of benzene rings is 1. The molecule has 92 valence electrons. The van der Waals surface area contributed by atoms with Crippen LogP contribution in [0, 0.1) is 5.82 Å². The van der Waals surface area contributed by atoms with Crippen molar-refractivity contribution in [2.45, 2.75) is 19.5 Å². The molecule has 4 nitrogen and oxygen atoms in total. The summed E-state index contributed by atoms with van der Waals surface area (Å²) < 4.78 is 18.3. The lowest BCUT2D eigenvalue weighted by atomic mass is 10.2. The van der Waals surface area contributed by atoms with Crippen molar-refractivity contribution in [3.8, 4) is 5.75 Å². The highest BCUT2D eigenvalue weighted by atomic mass is 19.1. The minimum atomic E-state index is -0.266. The van der Waals surface area contributed by atoms with Gasteiger partial charge in [-0.25, -0.2) is 4.39 Å². The lowest BCUT2D eigenvalue weighted by molar-refractivity contribution is 0.407. The zero-order valence-electron chi connectivity index (χ0n) is 9.96. The van der Waals surface area contributed by atoms with Crippen LogP contribution < -0.4 is 15.4 Å². The highest BCUT2D eigenvalue weighted by molar-refractivity contribution is 5.81. The molecule has 1 heterocycles. The summed E-state index contributed by atoms with van der Waals surface area (Å²) in [6.07, 6.45) is 0. The molecule has 1 atom stereocenters. The highest BCUT2D eigenvalue weighted by Gasteiger charge is 2.12. The highest BCUT2D eigenvalue weighted by Crippen LogP contribution is 2.18. The maximum absolute atomic E-state index is 13.1. The summed E-state index contributed by atoms with van der Waals surface area (Å²) in [5.41, 5.74) is 0.775. The first-order chi connectivity index (χ1) is 8.19. The van der Waals surface area contributed by atoms with Gasteiger partial charge < -0.3 is 15.4 Å². The number of rotatable bonds is 3. The van der Waals surface area contributed by atoms with Gasteiger partial charge in [0.15, 0.2) is 5.96 Å². The summed E-state index contributed by atoms with van der Waals surface area (Å²) in [5.74, 6) is 1.16. The molecule has 1 unspecified atom stereocenters. The fraction of sp³-hybridized carbons (Fsp3) is 0.417. The molecule has 17 heavy (non-hydrogen) atoms. The van der Waals surface area contributed by atoms with Crippen LogP contribution in [0.15, 0.2) is 23.2 Å². The fourth-order valence-corrected chi connectivity index (χ4v) is 1.72. The number of aliphatic imine (C=N–C) groups is 1. The zero-order valence-corrected chi connectivity index (χ0v) is 9.96. The Hall–Kier alpha value is -1.78. The van der Waals surface area contributed by atoms with E-state index in [1.54, 1.807) is 13.2 Å². The van der Waals surface area contributed by atoms with E-state index in [-0.39, 0.29) is 5.82 Å². The molecule has 1 aliphatic heterocycles. The molecule has 0 fully saturated rings. The second-order valence-electron chi connectivity index (χ2n) is 4.04. The second kappa shape index (κ2) is 5.03. The second-order valence-corrected chi connectivity index (χ2v) is 4.04. The molecule has 0 bridgehead atoms. The molecule has 0 saturated carbocycles. The van der Waals surface area contributed by atoms with Crippen molar-refractivity contribution < 1.29 is 9.13 Å².